The molecule has 1 amide bonds. The van der Waals surface area contributed by atoms with E-state index < -0.39 is 5.60 Å². The second-order valence-electron chi connectivity index (χ2n) is 7.35. The lowest BCUT2D eigenvalue weighted by Gasteiger charge is -2.37. The molecule has 1 saturated carbocycles. The van der Waals surface area contributed by atoms with E-state index >= 15 is 0 Å². The van der Waals surface area contributed by atoms with Gasteiger partial charge in [-0.3, -0.25) is 0 Å². The van der Waals surface area contributed by atoms with Crippen molar-refractivity contribution in [3.63, 3.8) is 0 Å². The van der Waals surface area contributed by atoms with E-state index in [-0.39, 0.29) is 12.1 Å². The maximum atomic E-state index is 11.8. The predicted octanol–water partition coefficient (Wildman–Crippen LogP) is 3.14. The molecule has 0 saturated heterocycles. The van der Waals surface area contributed by atoms with E-state index in [0.717, 1.165) is 34.9 Å². The summed E-state index contributed by atoms with van der Waals surface area (Å²) in [5.41, 5.74) is 2.39. The lowest BCUT2D eigenvalue weighted by molar-refractivity contribution is 0.0457. The molecule has 0 aromatic carbocycles. The summed E-state index contributed by atoms with van der Waals surface area (Å²) in [6.07, 6.45) is 6.95. The van der Waals surface area contributed by atoms with Gasteiger partial charge >= 0.3 is 6.09 Å². The number of pyridine rings is 1. The number of nitrogens with zero attached hydrogens (tertiary/aromatic N) is 3. The first-order valence-corrected chi connectivity index (χ1v) is 8.19. The third-order valence-corrected chi connectivity index (χ3v) is 4.35. The monoisotopic (exact) mass is 327 g/mol. The molecule has 0 bridgehead atoms. The zero-order valence-corrected chi connectivity index (χ0v) is 14.0. The number of hydrogen-bond acceptors (Lipinski definition) is 4. The van der Waals surface area contributed by atoms with Gasteiger partial charge in [0.2, 0.25) is 0 Å². The molecular weight excluding hydrogens is 306 g/mol. The fourth-order valence-corrected chi connectivity index (χ4v) is 3.22. The number of ether oxygens (including phenoxy) is 1. The number of H-pyrrole nitrogens is 1. The topological polar surface area (TPSA) is 84.8 Å². The molecule has 4 rings (SSSR count). The van der Waals surface area contributed by atoms with Gasteiger partial charge in [0.05, 0.1) is 18.0 Å². The Kier molecular flexibility index (Phi) is 3.26. The van der Waals surface area contributed by atoms with Gasteiger partial charge in [-0.2, -0.15) is 0 Å². The highest BCUT2D eigenvalue weighted by Crippen LogP contribution is 2.36. The Bertz CT molecular complexity index is 899. The van der Waals surface area contributed by atoms with Gasteiger partial charge in [0.1, 0.15) is 16.8 Å². The third-order valence-electron chi connectivity index (χ3n) is 4.35. The average molecular weight is 327 g/mol. The van der Waals surface area contributed by atoms with Crippen molar-refractivity contribution in [3.05, 3.63) is 24.8 Å². The van der Waals surface area contributed by atoms with Crippen LogP contribution >= 0.6 is 0 Å². The molecule has 126 valence electrons. The molecule has 1 aliphatic carbocycles. The minimum atomic E-state index is -0.472. The van der Waals surface area contributed by atoms with Crippen molar-refractivity contribution in [1.82, 2.24) is 24.8 Å². The lowest BCUT2D eigenvalue weighted by atomic mass is 9.86. The van der Waals surface area contributed by atoms with Crippen molar-refractivity contribution in [1.29, 1.82) is 0 Å². The highest BCUT2D eigenvalue weighted by molar-refractivity contribution is 6.00. The third kappa shape index (κ3) is 2.60. The van der Waals surface area contributed by atoms with Crippen LogP contribution in [0.4, 0.5) is 4.79 Å². The molecule has 2 N–H and O–H groups in total. The van der Waals surface area contributed by atoms with E-state index in [9.17, 15) is 4.79 Å². The van der Waals surface area contributed by atoms with E-state index in [1.807, 2.05) is 39.4 Å². The smallest absolute Gasteiger partial charge is 0.407 e. The lowest BCUT2D eigenvalue weighted by Crippen LogP contribution is -2.46. The second-order valence-corrected chi connectivity index (χ2v) is 7.35. The summed E-state index contributed by atoms with van der Waals surface area (Å²) in [6.45, 7) is 5.60. The summed E-state index contributed by atoms with van der Waals surface area (Å²) < 4.78 is 7.50. The number of hydrogen-bond donors (Lipinski definition) is 2. The normalized spacial score (nSPS) is 21.0. The molecule has 0 atom stereocenters. The molecule has 7 nitrogen and oxygen atoms in total. The molecule has 7 heteroatoms. The number of alkyl carbamates (subject to hydrolysis) is 1. The molecule has 0 radical (unpaired) electrons. The van der Waals surface area contributed by atoms with Gasteiger partial charge in [0.15, 0.2) is 0 Å². The van der Waals surface area contributed by atoms with Crippen molar-refractivity contribution in [2.24, 2.45) is 0 Å². The molecule has 3 aromatic rings. The number of amides is 1. The van der Waals surface area contributed by atoms with Crippen LogP contribution in [-0.4, -0.2) is 37.3 Å². The summed E-state index contributed by atoms with van der Waals surface area (Å²) in [6, 6.07) is 2.50. The summed E-state index contributed by atoms with van der Waals surface area (Å²) in [5.74, 6) is 0. The Balaban J connectivity index is 1.48. The van der Waals surface area contributed by atoms with Gasteiger partial charge in [-0.05, 0) is 39.7 Å². The van der Waals surface area contributed by atoms with Gasteiger partial charge < -0.3 is 19.6 Å². The largest absolute Gasteiger partial charge is 0.444 e. The Morgan fingerprint density at radius 3 is 2.92 bits per heavy atom. The minimum absolute atomic E-state index is 0.144. The average Bonchev–Trinajstić information content (AvgIpc) is 3.05. The molecule has 24 heavy (non-hydrogen) atoms. The van der Waals surface area contributed by atoms with Gasteiger partial charge in [-0.1, -0.05) is 0 Å². The molecule has 3 heterocycles. The van der Waals surface area contributed by atoms with Gasteiger partial charge in [-0.25, -0.2) is 14.8 Å². The number of aromatic amines is 1. The number of rotatable bonds is 2. The zero-order chi connectivity index (χ0) is 16.9. The van der Waals surface area contributed by atoms with E-state index in [2.05, 4.69) is 24.8 Å². The van der Waals surface area contributed by atoms with Crippen LogP contribution in [0, 0.1) is 0 Å². The molecule has 0 aliphatic heterocycles. The summed E-state index contributed by atoms with van der Waals surface area (Å²) in [7, 11) is 0. The van der Waals surface area contributed by atoms with Crippen molar-refractivity contribution in [3.8, 4) is 0 Å². The van der Waals surface area contributed by atoms with Crippen LogP contribution < -0.4 is 5.32 Å². The van der Waals surface area contributed by atoms with Crippen LogP contribution in [0.25, 0.3) is 22.1 Å². The maximum absolute atomic E-state index is 11.8. The molecule has 1 fully saturated rings. The molecule has 0 spiro atoms. The SMILES string of the molecule is CC(C)(C)OC(=O)N[C@H]1C[C@@H](n2cnc3cnc4[nH]ccc4c32)C1. The van der Waals surface area contributed by atoms with E-state index in [1.165, 1.54) is 0 Å². The van der Waals surface area contributed by atoms with Gasteiger partial charge in [0, 0.05) is 23.7 Å². The van der Waals surface area contributed by atoms with Crippen LogP contribution in [0.15, 0.2) is 24.8 Å². The zero-order valence-electron chi connectivity index (χ0n) is 14.0. The van der Waals surface area contributed by atoms with Crippen LogP contribution in [0.1, 0.15) is 39.7 Å². The molecule has 1 aliphatic rings. The van der Waals surface area contributed by atoms with Crippen molar-refractivity contribution in [2.75, 3.05) is 0 Å². The Morgan fingerprint density at radius 1 is 1.38 bits per heavy atom. The summed E-state index contributed by atoms with van der Waals surface area (Å²) in [5, 5.41) is 4.01. The fourth-order valence-electron chi connectivity index (χ4n) is 3.22. The van der Waals surface area contributed by atoms with E-state index in [4.69, 9.17) is 4.74 Å². The van der Waals surface area contributed by atoms with Crippen LogP contribution in [0.5, 0.6) is 0 Å². The number of nitrogens with one attached hydrogen (secondary N) is 2. The number of fused-ring (bicyclic) bond motifs is 3. The standard InChI is InChI=1S/C17H21N5O2/c1-17(2,3)24-16(23)21-10-6-11(7-10)22-9-20-13-8-19-15-12(14(13)22)4-5-18-15/h4-5,8-11H,6-7H2,1-3H3,(H,18,19)(H,21,23)/t10-,11+. The van der Waals surface area contributed by atoms with Gasteiger partial charge in [-0.15, -0.1) is 0 Å². The predicted molar refractivity (Wildman–Crippen MR) is 90.8 cm³/mol. The quantitative estimate of drug-likeness (QED) is 0.757. The highest BCUT2D eigenvalue weighted by atomic mass is 16.6. The Labute approximate surface area is 139 Å². The number of carbonyl (C=O) groups excluding carboxylic acids is 1. The highest BCUT2D eigenvalue weighted by Gasteiger charge is 2.33. The van der Waals surface area contributed by atoms with Crippen LogP contribution in [0.3, 0.4) is 0 Å². The molecular formula is C17H21N5O2. The van der Waals surface area contributed by atoms with Crippen LogP contribution in [0.2, 0.25) is 0 Å². The fraction of sp³-hybridized carbons (Fsp3) is 0.471. The maximum Gasteiger partial charge on any atom is 0.407 e. The van der Waals surface area contributed by atoms with Crippen molar-refractivity contribution >= 4 is 28.2 Å². The van der Waals surface area contributed by atoms with E-state index in [0.29, 0.717) is 6.04 Å². The van der Waals surface area contributed by atoms with Crippen molar-refractivity contribution in [2.45, 2.75) is 51.3 Å². The first-order valence-electron chi connectivity index (χ1n) is 8.19. The summed E-state index contributed by atoms with van der Waals surface area (Å²) in [4.78, 5) is 23.8. The first-order chi connectivity index (χ1) is 11.4. The number of imidazole rings is 1. The minimum Gasteiger partial charge on any atom is -0.444 e. The number of aromatic nitrogens is 4. The molecule has 3 aromatic heterocycles. The first kappa shape index (κ1) is 15.0. The molecule has 0 unspecified atom stereocenters. The van der Waals surface area contributed by atoms with Gasteiger partial charge in [0.25, 0.3) is 0 Å². The number of carbonyl (C=O) groups is 1. The second kappa shape index (κ2) is 5.22. The summed E-state index contributed by atoms with van der Waals surface area (Å²) >= 11 is 0. The van der Waals surface area contributed by atoms with E-state index in [1.54, 1.807) is 6.20 Å². The van der Waals surface area contributed by atoms with Crippen molar-refractivity contribution < 1.29 is 9.53 Å². The Morgan fingerprint density at radius 2 is 2.17 bits per heavy atom. The van der Waals surface area contributed by atoms with Crippen LogP contribution in [-0.2, 0) is 4.74 Å². The Hall–Kier alpha value is -2.57.